The van der Waals surface area contributed by atoms with Crippen LogP contribution in [-0.4, -0.2) is 17.9 Å². The molecule has 2 aromatic carbocycles. The number of carbonyl (C=O) groups excluding carboxylic acids is 1. The van der Waals surface area contributed by atoms with Crippen LogP contribution < -0.4 is 15.7 Å². The van der Waals surface area contributed by atoms with Gasteiger partial charge in [-0.2, -0.15) is 0 Å². The fraction of sp³-hybridized carbons (Fsp3) is 0.0588. The van der Waals surface area contributed by atoms with Crippen molar-refractivity contribution in [1.29, 1.82) is 0 Å². The summed E-state index contributed by atoms with van der Waals surface area (Å²) < 4.78 is 9.94. The van der Waals surface area contributed by atoms with Crippen LogP contribution in [0.3, 0.4) is 0 Å². The van der Waals surface area contributed by atoms with Crippen LogP contribution in [0.25, 0.3) is 10.8 Å². The minimum Gasteiger partial charge on any atom is -0.496 e. The van der Waals surface area contributed by atoms with E-state index >= 15 is 0 Å². The second-order valence-corrected chi connectivity index (χ2v) is 5.08. The van der Waals surface area contributed by atoms with Crippen LogP contribution in [-0.2, 0) is 0 Å². The Hall–Kier alpha value is -3.68. The molecule has 0 aliphatic heterocycles. The van der Waals surface area contributed by atoms with Crippen LogP contribution in [0.4, 0.5) is 11.4 Å². The van der Waals surface area contributed by atoms with Gasteiger partial charge in [0.15, 0.2) is 5.76 Å². The normalized spacial score (nSPS) is 10.4. The molecule has 1 heterocycles. The third-order valence-electron chi connectivity index (χ3n) is 3.54. The monoisotopic (exact) mass is 340 g/mol. The number of fused-ring (bicyclic) bond motifs is 1. The molecule has 8 heteroatoms. The highest BCUT2D eigenvalue weighted by Gasteiger charge is 2.19. The molecule has 0 fully saturated rings. The Morgan fingerprint density at radius 3 is 2.68 bits per heavy atom. The lowest BCUT2D eigenvalue weighted by Gasteiger charge is -2.07. The molecule has 0 atom stereocenters. The Labute approximate surface area is 140 Å². The maximum atomic E-state index is 12.3. The van der Waals surface area contributed by atoms with Gasteiger partial charge in [-0.15, -0.1) is 0 Å². The van der Waals surface area contributed by atoms with Gasteiger partial charge in [0.1, 0.15) is 11.4 Å². The molecule has 0 saturated heterocycles. The quantitative estimate of drug-likeness (QED) is 0.577. The Bertz CT molecular complexity index is 1040. The first-order valence-corrected chi connectivity index (χ1v) is 7.16. The summed E-state index contributed by atoms with van der Waals surface area (Å²) in [6, 6.07) is 12.0. The van der Waals surface area contributed by atoms with E-state index < -0.39 is 16.5 Å². The van der Waals surface area contributed by atoms with Gasteiger partial charge in [0.05, 0.1) is 23.5 Å². The van der Waals surface area contributed by atoms with E-state index in [0.717, 1.165) is 0 Å². The molecule has 0 aliphatic rings. The summed E-state index contributed by atoms with van der Waals surface area (Å²) in [7, 11) is 1.38. The number of nitrogens with one attached hydrogen (secondary N) is 1. The van der Waals surface area contributed by atoms with Crippen LogP contribution in [0.5, 0.6) is 5.75 Å². The molecule has 0 aliphatic carbocycles. The third-order valence-corrected chi connectivity index (χ3v) is 3.54. The standard InChI is InChI=1S/C17H12N2O6/c1-24-11-6-7-13(14(9-11)19(22)23)18-16(20)15-8-10-4-2-3-5-12(10)17(21)25-15/h2-9H,1H3,(H,18,20). The Kier molecular flexibility index (Phi) is 4.17. The summed E-state index contributed by atoms with van der Waals surface area (Å²) >= 11 is 0. The van der Waals surface area contributed by atoms with E-state index in [1.165, 1.54) is 31.4 Å². The topological polar surface area (TPSA) is 112 Å². The molecule has 0 spiro atoms. The number of anilines is 1. The van der Waals surface area contributed by atoms with Crippen molar-refractivity contribution in [2.75, 3.05) is 12.4 Å². The van der Waals surface area contributed by atoms with Gasteiger partial charge in [0.2, 0.25) is 0 Å². The van der Waals surface area contributed by atoms with Gasteiger partial charge in [0.25, 0.3) is 11.6 Å². The van der Waals surface area contributed by atoms with Crippen molar-refractivity contribution in [2.45, 2.75) is 0 Å². The number of nitro groups is 1. The van der Waals surface area contributed by atoms with Gasteiger partial charge in [-0.25, -0.2) is 4.79 Å². The summed E-state index contributed by atoms with van der Waals surface area (Å²) in [5.74, 6) is -0.730. The van der Waals surface area contributed by atoms with Gasteiger partial charge in [-0.3, -0.25) is 14.9 Å². The highest BCUT2D eigenvalue weighted by atomic mass is 16.6. The molecule has 1 amide bonds. The maximum absolute atomic E-state index is 12.3. The van der Waals surface area contributed by atoms with Gasteiger partial charge < -0.3 is 14.5 Å². The van der Waals surface area contributed by atoms with Crippen molar-refractivity contribution in [3.8, 4) is 5.75 Å². The van der Waals surface area contributed by atoms with E-state index in [-0.39, 0.29) is 22.9 Å². The minimum atomic E-state index is -0.767. The van der Waals surface area contributed by atoms with E-state index in [2.05, 4.69) is 5.32 Å². The fourth-order valence-electron chi connectivity index (χ4n) is 2.33. The number of hydrogen-bond donors (Lipinski definition) is 1. The van der Waals surface area contributed by atoms with E-state index in [9.17, 15) is 19.7 Å². The summed E-state index contributed by atoms with van der Waals surface area (Å²) in [5.41, 5.74) is -1.03. The zero-order valence-electron chi connectivity index (χ0n) is 13.0. The van der Waals surface area contributed by atoms with E-state index in [1.54, 1.807) is 24.3 Å². The van der Waals surface area contributed by atoms with Crippen LogP contribution >= 0.6 is 0 Å². The highest BCUT2D eigenvalue weighted by Crippen LogP contribution is 2.29. The lowest BCUT2D eigenvalue weighted by atomic mass is 10.1. The van der Waals surface area contributed by atoms with Crippen molar-refractivity contribution in [1.82, 2.24) is 0 Å². The number of nitrogens with zero attached hydrogens (tertiary/aromatic N) is 1. The average Bonchev–Trinajstić information content (AvgIpc) is 2.61. The molecule has 0 saturated carbocycles. The molecule has 25 heavy (non-hydrogen) atoms. The van der Waals surface area contributed by atoms with E-state index in [1.807, 2.05) is 0 Å². The molecule has 0 unspecified atom stereocenters. The number of ether oxygens (including phenoxy) is 1. The molecule has 3 rings (SSSR count). The molecule has 3 aromatic rings. The van der Waals surface area contributed by atoms with Crippen molar-refractivity contribution in [3.05, 3.63) is 74.8 Å². The molecular formula is C17H12N2O6. The molecular weight excluding hydrogens is 328 g/mol. The SMILES string of the molecule is COc1ccc(NC(=O)c2cc3ccccc3c(=O)o2)c([N+](=O)[O-])c1. The molecule has 0 radical (unpaired) electrons. The average molecular weight is 340 g/mol. The van der Waals surface area contributed by atoms with Crippen molar-refractivity contribution in [2.24, 2.45) is 0 Å². The van der Waals surface area contributed by atoms with Gasteiger partial charge in [0, 0.05) is 0 Å². The second kappa shape index (κ2) is 6.44. The van der Waals surface area contributed by atoms with Crippen LogP contribution in [0.1, 0.15) is 10.6 Å². The number of hydrogen-bond acceptors (Lipinski definition) is 6. The minimum absolute atomic E-state index is 0.0355. The summed E-state index contributed by atoms with van der Waals surface area (Å²) in [6.07, 6.45) is 0. The Morgan fingerprint density at radius 1 is 1.20 bits per heavy atom. The smallest absolute Gasteiger partial charge is 0.344 e. The molecule has 1 N–H and O–H groups in total. The number of rotatable bonds is 4. The van der Waals surface area contributed by atoms with Crippen molar-refractivity contribution >= 4 is 28.1 Å². The van der Waals surface area contributed by atoms with Crippen LogP contribution in [0, 0.1) is 10.1 Å². The fourth-order valence-corrected chi connectivity index (χ4v) is 2.33. The molecule has 8 nitrogen and oxygen atoms in total. The van der Waals surface area contributed by atoms with Crippen molar-refractivity contribution in [3.63, 3.8) is 0 Å². The molecule has 1 aromatic heterocycles. The lowest BCUT2D eigenvalue weighted by molar-refractivity contribution is -0.384. The Morgan fingerprint density at radius 2 is 1.96 bits per heavy atom. The van der Waals surface area contributed by atoms with E-state index in [4.69, 9.17) is 9.15 Å². The zero-order valence-corrected chi connectivity index (χ0v) is 13.0. The van der Waals surface area contributed by atoms with Gasteiger partial charge in [-0.1, -0.05) is 18.2 Å². The van der Waals surface area contributed by atoms with Gasteiger partial charge >= 0.3 is 5.63 Å². The third kappa shape index (κ3) is 3.18. The summed E-state index contributed by atoms with van der Waals surface area (Å²) in [5, 5.41) is 14.4. The maximum Gasteiger partial charge on any atom is 0.344 e. The number of nitro benzene ring substituents is 1. The number of methoxy groups -OCH3 is 1. The second-order valence-electron chi connectivity index (χ2n) is 5.08. The summed E-state index contributed by atoms with van der Waals surface area (Å²) in [6.45, 7) is 0. The van der Waals surface area contributed by atoms with Crippen LogP contribution in [0.2, 0.25) is 0 Å². The molecule has 126 valence electrons. The van der Waals surface area contributed by atoms with Crippen LogP contribution in [0.15, 0.2) is 57.7 Å². The first-order valence-electron chi connectivity index (χ1n) is 7.16. The van der Waals surface area contributed by atoms with Gasteiger partial charge in [-0.05, 0) is 29.7 Å². The van der Waals surface area contributed by atoms with Crippen molar-refractivity contribution < 1.29 is 18.9 Å². The number of carbonyl (C=O) groups is 1. The summed E-state index contributed by atoms with van der Waals surface area (Å²) in [4.78, 5) is 34.8. The molecule has 0 bridgehead atoms. The zero-order chi connectivity index (χ0) is 18.0. The number of amides is 1. The largest absolute Gasteiger partial charge is 0.496 e. The first kappa shape index (κ1) is 16.2. The predicted octanol–water partition coefficient (Wildman–Crippen LogP) is 2.96. The lowest BCUT2D eigenvalue weighted by Crippen LogP contribution is -2.15. The number of benzene rings is 2. The predicted molar refractivity (Wildman–Crippen MR) is 90.1 cm³/mol. The van der Waals surface area contributed by atoms with E-state index in [0.29, 0.717) is 10.8 Å². The highest BCUT2D eigenvalue weighted by molar-refractivity contribution is 6.05. The first-order chi connectivity index (χ1) is 12.0. The Balaban J connectivity index is 1.98.